The first kappa shape index (κ1) is 24.0. The Labute approximate surface area is 197 Å². The van der Waals surface area contributed by atoms with Crippen molar-refractivity contribution in [1.29, 1.82) is 0 Å². The molecule has 1 fully saturated rings. The maximum absolute atomic E-state index is 13.5. The summed E-state index contributed by atoms with van der Waals surface area (Å²) < 4.78 is 56.4. The van der Waals surface area contributed by atoms with Gasteiger partial charge < -0.3 is 0 Å². The predicted octanol–water partition coefficient (Wildman–Crippen LogP) is 3.21. The van der Waals surface area contributed by atoms with Crippen LogP contribution in [0.3, 0.4) is 0 Å². The lowest BCUT2D eigenvalue weighted by molar-refractivity contribution is -0.0415. The highest BCUT2D eigenvalue weighted by atomic mass is 35.5. The van der Waals surface area contributed by atoms with Crippen LogP contribution in [0.25, 0.3) is 0 Å². The lowest BCUT2D eigenvalue weighted by Gasteiger charge is -2.34. The zero-order chi connectivity index (χ0) is 23.6. The lowest BCUT2D eigenvalue weighted by atomic mass is 9.91. The number of nitrogens with one attached hydrogen (secondary N) is 2. The van der Waals surface area contributed by atoms with Crippen molar-refractivity contribution in [1.82, 2.24) is 19.4 Å². The molecule has 0 saturated carbocycles. The molecule has 7 nitrogen and oxygen atoms in total. The van der Waals surface area contributed by atoms with Crippen LogP contribution >= 0.6 is 11.6 Å². The summed E-state index contributed by atoms with van der Waals surface area (Å²) in [5.74, 6) is -2.93. The first-order chi connectivity index (χ1) is 15.7. The van der Waals surface area contributed by atoms with Gasteiger partial charge in [0.2, 0.25) is 0 Å². The number of piperidine rings is 1. The number of hydrogen-bond acceptors (Lipinski definition) is 5. The van der Waals surface area contributed by atoms with E-state index in [9.17, 15) is 17.2 Å². The first-order valence-electron chi connectivity index (χ1n) is 10.7. The molecule has 178 valence electrons. The second-order valence-corrected chi connectivity index (χ2v) is 10.3. The molecule has 11 heteroatoms. The summed E-state index contributed by atoms with van der Waals surface area (Å²) in [7, 11) is -2.38. The molecule has 0 radical (unpaired) electrons. The Balaban J connectivity index is 1.58. The summed E-state index contributed by atoms with van der Waals surface area (Å²) in [6, 6.07) is 17.2. The third-order valence-corrected chi connectivity index (χ3v) is 7.72. The van der Waals surface area contributed by atoms with Gasteiger partial charge in [0, 0.05) is 36.9 Å². The minimum absolute atomic E-state index is 0.0959. The first-order valence-corrected chi connectivity index (χ1v) is 12.5. The van der Waals surface area contributed by atoms with E-state index in [1.807, 2.05) is 42.5 Å². The second-order valence-electron chi connectivity index (χ2n) is 8.15. The fraction of sp³-hybridized carbons (Fsp3) is 0.409. The minimum Gasteiger partial charge on any atom is -0.286 e. The molecule has 0 amide bonds. The zero-order valence-electron chi connectivity index (χ0n) is 18.1. The van der Waals surface area contributed by atoms with Crippen molar-refractivity contribution >= 4 is 27.5 Å². The van der Waals surface area contributed by atoms with Crippen molar-refractivity contribution < 1.29 is 17.2 Å². The van der Waals surface area contributed by atoms with Crippen LogP contribution < -0.4 is 10.0 Å². The van der Waals surface area contributed by atoms with Gasteiger partial charge in [0.1, 0.15) is 0 Å². The molecular formula is C22H26ClF2N5O2S. The van der Waals surface area contributed by atoms with Gasteiger partial charge in [-0.15, -0.1) is 0 Å². The maximum atomic E-state index is 13.5. The fourth-order valence-corrected chi connectivity index (χ4v) is 5.51. The molecule has 2 aromatic rings. The zero-order valence-corrected chi connectivity index (χ0v) is 19.7. The average Bonchev–Trinajstić information content (AvgIpc) is 3.23. The van der Waals surface area contributed by atoms with Gasteiger partial charge in [-0.25, -0.2) is 8.78 Å². The van der Waals surface area contributed by atoms with Gasteiger partial charge in [0.05, 0.1) is 12.3 Å². The Morgan fingerprint density at radius 1 is 1.09 bits per heavy atom. The van der Waals surface area contributed by atoms with Crippen LogP contribution in [-0.4, -0.2) is 62.3 Å². The second kappa shape index (κ2) is 9.63. The van der Waals surface area contributed by atoms with Crippen molar-refractivity contribution in [2.75, 3.05) is 26.7 Å². The number of hydrazone groups is 1. The van der Waals surface area contributed by atoms with E-state index < -0.39 is 35.3 Å². The van der Waals surface area contributed by atoms with Crippen LogP contribution in [0.2, 0.25) is 5.02 Å². The third-order valence-electron chi connectivity index (χ3n) is 5.90. The number of alkyl halides is 2. The highest BCUT2D eigenvalue weighted by Gasteiger charge is 2.40. The third kappa shape index (κ3) is 5.52. The Morgan fingerprint density at radius 3 is 2.33 bits per heavy atom. The van der Waals surface area contributed by atoms with Crippen LogP contribution in [-0.2, 0) is 10.2 Å². The SMILES string of the molecule is CNC(NS(=O)(=O)N1CCC(F)(F)CC1)N1CC(c2ccccc2)C(c2ccc(Cl)cc2)=N1. The molecule has 4 rings (SSSR count). The van der Waals surface area contributed by atoms with E-state index in [1.54, 1.807) is 24.2 Å². The quantitative estimate of drug-likeness (QED) is 0.576. The van der Waals surface area contributed by atoms with Gasteiger partial charge in [0.15, 0.2) is 6.29 Å². The Bertz CT molecular complexity index is 1090. The number of rotatable bonds is 7. The average molecular weight is 498 g/mol. The van der Waals surface area contributed by atoms with Crippen LogP contribution in [0.1, 0.15) is 29.9 Å². The number of halogens is 3. The molecule has 2 heterocycles. The molecule has 33 heavy (non-hydrogen) atoms. The lowest BCUT2D eigenvalue weighted by Crippen LogP contribution is -2.58. The van der Waals surface area contributed by atoms with E-state index >= 15 is 0 Å². The van der Waals surface area contributed by atoms with E-state index in [2.05, 4.69) is 10.0 Å². The van der Waals surface area contributed by atoms with Crippen LogP contribution in [0.5, 0.6) is 0 Å². The van der Waals surface area contributed by atoms with Gasteiger partial charge >= 0.3 is 0 Å². The molecule has 2 atom stereocenters. The van der Waals surface area contributed by atoms with Crippen LogP contribution in [0.15, 0.2) is 59.7 Å². The molecule has 0 spiro atoms. The molecule has 0 bridgehead atoms. The van der Waals surface area contributed by atoms with Gasteiger partial charge in [-0.1, -0.05) is 54.1 Å². The van der Waals surface area contributed by atoms with E-state index in [0.29, 0.717) is 11.6 Å². The molecular weight excluding hydrogens is 472 g/mol. The molecule has 2 aliphatic heterocycles. The van der Waals surface area contributed by atoms with Crippen LogP contribution in [0.4, 0.5) is 8.78 Å². The van der Waals surface area contributed by atoms with Gasteiger partial charge in [-0.3, -0.25) is 10.3 Å². The van der Waals surface area contributed by atoms with E-state index in [4.69, 9.17) is 16.7 Å². The maximum Gasteiger partial charge on any atom is 0.282 e. The number of nitrogens with zero attached hydrogens (tertiary/aromatic N) is 3. The Kier molecular flexibility index (Phi) is 7.01. The van der Waals surface area contributed by atoms with E-state index in [-0.39, 0.29) is 19.0 Å². The fourth-order valence-electron chi connectivity index (χ4n) is 4.05. The van der Waals surface area contributed by atoms with Crippen molar-refractivity contribution in [3.8, 4) is 0 Å². The summed E-state index contributed by atoms with van der Waals surface area (Å²) in [6.45, 7) is -0.0382. The Hall–Kier alpha value is -2.11. The molecule has 0 aromatic heterocycles. The molecule has 2 unspecified atom stereocenters. The molecule has 2 aliphatic rings. The largest absolute Gasteiger partial charge is 0.286 e. The van der Waals surface area contributed by atoms with E-state index in [1.165, 1.54) is 0 Å². The number of benzene rings is 2. The number of hydrogen-bond donors (Lipinski definition) is 2. The molecule has 2 aromatic carbocycles. The highest BCUT2D eigenvalue weighted by Crippen LogP contribution is 2.31. The summed E-state index contributed by atoms with van der Waals surface area (Å²) >= 11 is 6.05. The Morgan fingerprint density at radius 2 is 1.73 bits per heavy atom. The summed E-state index contributed by atoms with van der Waals surface area (Å²) in [6.07, 6.45) is -1.83. The molecule has 2 N–H and O–H groups in total. The smallest absolute Gasteiger partial charge is 0.282 e. The van der Waals surface area contributed by atoms with E-state index in [0.717, 1.165) is 21.1 Å². The van der Waals surface area contributed by atoms with Crippen molar-refractivity contribution in [2.24, 2.45) is 5.10 Å². The predicted molar refractivity (Wildman–Crippen MR) is 125 cm³/mol. The van der Waals surface area contributed by atoms with Gasteiger partial charge in [-0.05, 0) is 30.3 Å². The topological polar surface area (TPSA) is 77.0 Å². The molecule has 1 saturated heterocycles. The minimum atomic E-state index is -3.99. The normalized spacial score (nSPS) is 22.2. The van der Waals surface area contributed by atoms with Crippen LogP contribution in [0, 0.1) is 0 Å². The summed E-state index contributed by atoms with van der Waals surface area (Å²) in [5, 5.41) is 9.94. The standard InChI is InChI=1S/C22H26ClF2N5O2S/c1-26-21(28-33(31,32)29-13-11-22(24,25)12-14-29)30-15-19(16-5-3-2-4-6-16)20(27-30)17-7-9-18(23)10-8-17/h2-10,19,21,26,28H,11-15H2,1H3. The van der Waals surface area contributed by atoms with Gasteiger partial charge in [0.25, 0.3) is 16.1 Å². The highest BCUT2D eigenvalue weighted by molar-refractivity contribution is 7.87. The monoisotopic (exact) mass is 497 g/mol. The summed E-state index contributed by atoms with van der Waals surface area (Å²) in [4.78, 5) is 0. The van der Waals surface area contributed by atoms with Crippen molar-refractivity contribution in [3.05, 3.63) is 70.7 Å². The van der Waals surface area contributed by atoms with Gasteiger partial charge in [-0.2, -0.15) is 22.5 Å². The molecule has 0 aliphatic carbocycles. The summed E-state index contributed by atoms with van der Waals surface area (Å²) in [5.41, 5.74) is 2.71. The van der Waals surface area contributed by atoms with Crippen molar-refractivity contribution in [3.63, 3.8) is 0 Å². The van der Waals surface area contributed by atoms with Crippen molar-refractivity contribution in [2.45, 2.75) is 31.0 Å².